The number of imide groups is 1. The highest BCUT2D eigenvalue weighted by molar-refractivity contribution is 8.00. The number of aromatic amines is 1. The van der Waals surface area contributed by atoms with Crippen molar-refractivity contribution in [1.82, 2.24) is 25.1 Å². The van der Waals surface area contributed by atoms with E-state index in [9.17, 15) is 9.59 Å². The zero-order chi connectivity index (χ0) is 21.3. The number of H-pyrrole nitrogens is 1. The topological polar surface area (TPSA) is 119 Å². The first-order chi connectivity index (χ1) is 14.4. The Morgan fingerprint density at radius 2 is 1.97 bits per heavy atom. The Hall–Kier alpha value is -3.59. The molecule has 8 nitrogen and oxygen atoms in total. The highest BCUT2D eigenvalue weighted by Gasteiger charge is 2.23. The molecular formula is C21H20N6O2S. The molecule has 0 saturated heterocycles. The van der Waals surface area contributed by atoms with Crippen molar-refractivity contribution in [3.8, 4) is 17.1 Å². The number of thioether (sulfide) groups is 1. The number of urea groups is 1. The molecule has 4 N–H and O–H groups in total. The molecule has 9 heteroatoms. The smallest absolute Gasteiger partial charge is 0.318 e. The number of carbonyl (C=O) groups excluding carboxylic acids is 2. The molecule has 3 amide bonds. The number of nitrogens with zero attached hydrogens (tertiary/aromatic N) is 3. The lowest BCUT2D eigenvalue weighted by molar-refractivity contribution is -0.119. The summed E-state index contributed by atoms with van der Waals surface area (Å²) in [5.41, 5.74) is 8.93. The van der Waals surface area contributed by atoms with E-state index in [0.717, 1.165) is 27.7 Å². The number of benzene rings is 2. The molecule has 0 fully saturated rings. The maximum atomic E-state index is 12.2. The first-order valence-electron chi connectivity index (χ1n) is 9.30. The van der Waals surface area contributed by atoms with E-state index in [1.54, 1.807) is 6.92 Å². The first-order valence-corrected chi connectivity index (χ1v) is 10.2. The van der Waals surface area contributed by atoms with Crippen molar-refractivity contribution in [2.45, 2.75) is 24.3 Å². The normalized spacial score (nSPS) is 12.1. The molecule has 1 unspecified atom stereocenters. The highest BCUT2D eigenvalue weighted by atomic mass is 32.2. The molecule has 0 radical (unpaired) electrons. The maximum Gasteiger partial charge on any atom is 0.318 e. The lowest BCUT2D eigenvalue weighted by Crippen LogP contribution is -2.39. The minimum Gasteiger partial charge on any atom is -0.360 e. The Morgan fingerprint density at radius 1 is 1.17 bits per heavy atom. The van der Waals surface area contributed by atoms with Gasteiger partial charge in [-0.15, -0.1) is 10.2 Å². The van der Waals surface area contributed by atoms with Crippen LogP contribution >= 0.6 is 11.8 Å². The predicted molar refractivity (Wildman–Crippen MR) is 116 cm³/mol. The van der Waals surface area contributed by atoms with Crippen LogP contribution < -0.4 is 11.1 Å². The molecule has 152 valence electrons. The predicted octanol–water partition coefficient (Wildman–Crippen LogP) is 3.40. The van der Waals surface area contributed by atoms with Gasteiger partial charge in [-0.1, -0.05) is 42.1 Å². The Labute approximate surface area is 176 Å². The lowest BCUT2D eigenvalue weighted by Gasteiger charge is -2.13. The number of carbonyl (C=O) groups is 2. The van der Waals surface area contributed by atoms with Crippen LogP contribution in [0.2, 0.25) is 0 Å². The second kappa shape index (κ2) is 8.03. The average Bonchev–Trinajstić information content (AvgIpc) is 3.31. The standard InChI is InChI=1S/C21H20N6O2S/c1-12-6-5-7-14(10-12)27-18(16-11-23-17-9-4-3-8-15(16)17)25-26-21(27)30-13(2)19(28)24-20(22)29/h3-11,13,23H,1-2H3,(H3,22,24,28,29). The van der Waals surface area contributed by atoms with Crippen LogP contribution in [-0.2, 0) is 4.79 Å². The molecule has 30 heavy (non-hydrogen) atoms. The minimum absolute atomic E-state index is 0.486. The van der Waals surface area contributed by atoms with Crippen molar-refractivity contribution >= 4 is 34.6 Å². The van der Waals surface area contributed by atoms with Crippen LogP contribution in [0.3, 0.4) is 0 Å². The number of rotatable bonds is 5. The molecular weight excluding hydrogens is 400 g/mol. The van der Waals surface area contributed by atoms with E-state index in [1.165, 1.54) is 11.8 Å². The Morgan fingerprint density at radius 3 is 2.73 bits per heavy atom. The summed E-state index contributed by atoms with van der Waals surface area (Å²) in [4.78, 5) is 26.5. The third-order valence-electron chi connectivity index (χ3n) is 4.62. The molecule has 0 aliphatic rings. The number of hydrogen-bond donors (Lipinski definition) is 3. The Bertz CT molecular complexity index is 1250. The summed E-state index contributed by atoms with van der Waals surface area (Å²) in [6, 6.07) is 15.0. The van der Waals surface area contributed by atoms with Crippen LogP contribution in [0.5, 0.6) is 0 Å². The molecule has 0 bridgehead atoms. The molecule has 1 atom stereocenters. The highest BCUT2D eigenvalue weighted by Crippen LogP contribution is 2.33. The average molecular weight is 420 g/mol. The number of amides is 3. The SMILES string of the molecule is Cc1cccc(-n2c(SC(C)C(=O)NC(N)=O)nnc2-c2c[nH]c3ccccc23)c1. The summed E-state index contributed by atoms with van der Waals surface area (Å²) in [6.45, 7) is 3.69. The third-order valence-corrected chi connectivity index (χ3v) is 5.66. The fourth-order valence-corrected chi connectivity index (χ4v) is 4.08. The second-order valence-corrected chi connectivity index (χ2v) is 8.15. The fourth-order valence-electron chi connectivity index (χ4n) is 3.21. The van der Waals surface area contributed by atoms with Gasteiger partial charge in [0.25, 0.3) is 0 Å². The number of hydrogen-bond acceptors (Lipinski definition) is 5. The van der Waals surface area contributed by atoms with E-state index in [2.05, 4.69) is 20.5 Å². The van der Waals surface area contributed by atoms with Gasteiger partial charge in [0.15, 0.2) is 11.0 Å². The second-order valence-electron chi connectivity index (χ2n) is 6.84. The van der Waals surface area contributed by atoms with Gasteiger partial charge in [0.2, 0.25) is 5.91 Å². The van der Waals surface area contributed by atoms with Gasteiger partial charge in [-0.05, 0) is 37.6 Å². The van der Waals surface area contributed by atoms with E-state index in [0.29, 0.717) is 11.0 Å². The molecule has 4 aromatic rings. The zero-order valence-electron chi connectivity index (χ0n) is 16.4. The number of fused-ring (bicyclic) bond motifs is 1. The lowest BCUT2D eigenvalue weighted by atomic mass is 10.1. The van der Waals surface area contributed by atoms with Crippen LogP contribution in [0.25, 0.3) is 28.0 Å². The van der Waals surface area contributed by atoms with Gasteiger partial charge in [-0.25, -0.2) is 4.79 Å². The maximum absolute atomic E-state index is 12.2. The Balaban J connectivity index is 1.82. The van der Waals surface area contributed by atoms with E-state index in [4.69, 9.17) is 5.73 Å². The number of aromatic nitrogens is 4. The van der Waals surface area contributed by atoms with Crippen LogP contribution in [0, 0.1) is 6.92 Å². The quantitative estimate of drug-likeness (QED) is 0.428. The van der Waals surface area contributed by atoms with Crippen LogP contribution in [0.15, 0.2) is 59.9 Å². The van der Waals surface area contributed by atoms with E-state index >= 15 is 0 Å². The number of nitrogens with two attached hydrogens (primary N) is 1. The van der Waals surface area contributed by atoms with Crippen molar-refractivity contribution in [2.24, 2.45) is 5.73 Å². The van der Waals surface area contributed by atoms with E-state index in [-0.39, 0.29) is 0 Å². The van der Waals surface area contributed by atoms with Crippen molar-refractivity contribution in [3.63, 3.8) is 0 Å². The molecule has 0 spiro atoms. The molecule has 0 aliphatic carbocycles. The summed E-state index contributed by atoms with van der Waals surface area (Å²) < 4.78 is 1.92. The number of nitrogens with one attached hydrogen (secondary N) is 2. The van der Waals surface area contributed by atoms with Gasteiger partial charge in [-0.2, -0.15) is 0 Å². The van der Waals surface area contributed by atoms with Gasteiger partial charge >= 0.3 is 6.03 Å². The summed E-state index contributed by atoms with van der Waals surface area (Å²) in [7, 11) is 0. The fraction of sp³-hybridized carbons (Fsp3) is 0.143. The van der Waals surface area contributed by atoms with E-state index in [1.807, 2.05) is 66.2 Å². The van der Waals surface area contributed by atoms with Gasteiger partial charge in [0.1, 0.15) is 0 Å². The third kappa shape index (κ3) is 3.79. The summed E-state index contributed by atoms with van der Waals surface area (Å²) in [6.07, 6.45) is 1.90. The van der Waals surface area contributed by atoms with Gasteiger partial charge in [-0.3, -0.25) is 14.7 Å². The minimum atomic E-state index is -0.882. The van der Waals surface area contributed by atoms with E-state index < -0.39 is 17.2 Å². The Kier molecular flexibility index (Phi) is 5.28. The van der Waals surface area contributed by atoms with Crippen molar-refractivity contribution < 1.29 is 9.59 Å². The molecule has 4 rings (SSSR count). The van der Waals surface area contributed by atoms with Gasteiger partial charge in [0, 0.05) is 28.4 Å². The molecule has 0 aliphatic heterocycles. The molecule has 2 aromatic carbocycles. The van der Waals surface area contributed by atoms with Crippen LogP contribution in [0.4, 0.5) is 4.79 Å². The number of primary amides is 1. The molecule has 2 aromatic heterocycles. The summed E-state index contributed by atoms with van der Waals surface area (Å²) >= 11 is 1.20. The largest absolute Gasteiger partial charge is 0.360 e. The number of aryl methyl sites for hydroxylation is 1. The van der Waals surface area contributed by atoms with Crippen molar-refractivity contribution in [1.29, 1.82) is 0 Å². The molecule has 2 heterocycles. The van der Waals surface area contributed by atoms with Crippen LogP contribution in [0.1, 0.15) is 12.5 Å². The first kappa shape index (κ1) is 19.7. The number of para-hydroxylation sites is 1. The van der Waals surface area contributed by atoms with Gasteiger partial charge < -0.3 is 10.7 Å². The zero-order valence-corrected chi connectivity index (χ0v) is 17.2. The monoisotopic (exact) mass is 420 g/mol. The summed E-state index contributed by atoms with van der Waals surface area (Å²) in [5, 5.41) is 11.9. The summed E-state index contributed by atoms with van der Waals surface area (Å²) in [5.74, 6) is 0.169. The molecule has 0 saturated carbocycles. The van der Waals surface area contributed by atoms with Crippen LogP contribution in [-0.4, -0.2) is 36.9 Å². The van der Waals surface area contributed by atoms with Gasteiger partial charge in [0.05, 0.1) is 5.25 Å². The van der Waals surface area contributed by atoms with Crippen molar-refractivity contribution in [2.75, 3.05) is 0 Å². The van der Waals surface area contributed by atoms with Crippen molar-refractivity contribution in [3.05, 3.63) is 60.3 Å².